The second-order valence-corrected chi connectivity index (χ2v) is 6.79. The van der Waals surface area contributed by atoms with Gasteiger partial charge in [-0.3, -0.25) is 4.79 Å². The number of nitrogens with two attached hydrogens (primary N) is 1. The van der Waals surface area contributed by atoms with Crippen LogP contribution in [0.2, 0.25) is 0 Å². The molecule has 24 heavy (non-hydrogen) atoms. The van der Waals surface area contributed by atoms with Gasteiger partial charge < -0.3 is 15.4 Å². The number of carbonyl (C=O) groups is 1. The van der Waals surface area contributed by atoms with Gasteiger partial charge in [-0.25, -0.2) is 0 Å². The number of nitrogens with zero attached hydrogens (tertiary/aromatic N) is 1. The van der Waals surface area contributed by atoms with Crippen LogP contribution in [0.1, 0.15) is 29.3 Å². The van der Waals surface area contributed by atoms with E-state index in [-0.39, 0.29) is 11.3 Å². The summed E-state index contributed by atoms with van der Waals surface area (Å²) in [5.41, 5.74) is 7.64. The molecule has 1 aliphatic rings. The van der Waals surface area contributed by atoms with Gasteiger partial charge in [0.15, 0.2) is 0 Å². The van der Waals surface area contributed by atoms with Gasteiger partial charge in [-0.1, -0.05) is 37.3 Å². The van der Waals surface area contributed by atoms with Gasteiger partial charge in [0.25, 0.3) is 5.91 Å². The number of hydrogen-bond donors (Lipinski definition) is 1. The number of carbonyl (C=O) groups excluding carboxylic acids is 1. The lowest BCUT2D eigenvalue weighted by Gasteiger charge is -2.22. The zero-order valence-corrected chi connectivity index (χ0v) is 14.1. The highest BCUT2D eigenvalue weighted by molar-refractivity contribution is 5.94. The van der Waals surface area contributed by atoms with E-state index in [4.69, 9.17) is 10.5 Å². The Bertz CT molecular complexity index is 685. The Morgan fingerprint density at radius 2 is 1.88 bits per heavy atom. The van der Waals surface area contributed by atoms with E-state index < -0.39 is 0 Å². The Hall–Kier alpha value is -2.33. The van der Waals surface area contributed by atoms with E-state index in [1.807, 2.05) is 59.5 Å². The highest BCUT2D eigenvalue weighted by Gasteiger charge is 2.35. The fourth-order valence-corrected chi connectivity index (χ4v) is 2.97. The minimum Gasteiger partial charge on any atom is -0.489 e. The summed E-state index contributed by atoms with van der Waals surface area (Å²) in [7, 11) is 0. The Kier molecular flexibility index (Phi) is 4.86. The molecule has 1 saturated heterocycles. The van der Waals surface area contributed by atoms with Gasteiger partial charge >= 0.3 is 0 Å². The molecule has 1 atom stereocenters. The zero-order valence-electron chi connectivity index (χ0n) is 14.1. The molecule has 1 amide bonds. The third kappa shape index (κ3) is 3.77. The molecule has 1 fully saturated rings. The number of likely N-dealkylation sites (tertiary alicyclic amines) is 1. The molecule has 0 bridgehead atoms. The van der Waals surface area contributed by atoms with Gasteiger partial charge in [0, 0.05) is 18.7 Å². The Morgan fingerprint density at radius 3 is 2.50 bits per heavy atom. The van der Waals surface area contributed by atoms with Gasteiger partial charge in [0.1, 0.15) is 12.4 Å². The van der Waals surface area contributed by atoms with Crippen molar-refractivity contribution < 1.29 is 9.53 Å². The predicted molar refractivity (Wildman–Crippen MR) is 94.9 cm³/mol. The van der Waals surface area contributed by atoms with Crippen molar-refractivity contribution in [3.63, 3.8) is 0 Å². The number of hydrogen-bond acceptors (Lipinski definition) is 3. The standard InChI is InChI=1S/C20H24N2O2/c1-20(14-21)11-12-22(15-20)19(23)17-9-7-16(8-10-17)13-24-18-5-3-2-4-6-18/h2-10H,11-15,21H2,1H3. The van der Waals surface area contributed by atoms with E-state index in [0.29, 0.717) is 13.2 Å². The minimum atomic E-state index is 0.0547. The molecule has 0 aliphatic carbocycles. The maximum Gasteiger partial charge on any atom is 0.253 e. The van der Waals surface area contributed by atoms with Gasteiger partial charge in [-0.2, -0.15) is 0 Å². The summed E-state index contributed by atoms with van der Waals surface area (Å²) in [4.78, 5) is 14.5. The lowest BCUT2D eigenvalue weighted by Crippen LogP contribution is -2.34. The van der Waals surface area contributed by atoms with Crippen LogP contribution in [0, 0.1) is 5.41 Å². The van der Waals surface area contributed by atoms with E-state index >= 15 is 0 Å². The number of para-hydroxylation sites is 1. The molecule has 1 unspecified atom stereocenters. The summed E-state index contributed by atoms with van der Waals surface area (Å²) >= 11 is 0. The summed E-state index contributed by atoms with van der Waals surface area (Å²) < 4.78 is 5.72. The van der Waals surface area contributed by atoms with E-state index in [9.17, 15) is 4.79 Å². The fourth-order valence-electron chi connectivity index (χ4n) is 2.97. The molecule has 2 aromatic rings. The maximum absolute atomic E-state index is 12.6. The third-order valence-corrected chi connectivity index (χ3v) is 4.69. The summed E-state index contributed by atoms with van der Waals surface area (Å²) in [6.45, 7) is 4.77. The van der Waals surface area contributed by atoms with Gasteiger partial charge in [0.05, 0.1) is 0 Å². The van der Waals surface area contributed by atoms with Crippen LogP contribution in [0.4, 0.5) is 0 Å². The summed E-state index contributed by atoms with van der Waals surface area (Å²) in [5.74, 6) is 0.929. The molecule has 4 nitrogen and oxygen atoms in total. The third-order valence-electron chi connectivity index (χ3n) is 4.69. The number of amides is 1. The molecule has 2 aromatic carbocycles. The zero-order chi connectivity index (χ0) is 17.0. The van der Waals surface area contributed by atoms with Crippen molar-refractivity contribution in [3.05, 3.63) is 65.7 Å². The summed E-state index contributed by atoms with van der Waals surface area (Å²) in [6.07, 6.45) is 0.970. The molecule has 4 heteroatoms. The van der Waals surface area contributed by atoms with Crippen LogP contribution in [0.15, 0.2) is 54.6 Å². The molecule has 0 aromatic heterocycles. The Labute approximate surface area is 143 Å². The number of benzene rings is 2. The smallest absolute Gasteiger partial charge is 0.253 e. The summed E-state index contributed by atoms with van der Waals surface area (Å²) in [6, 6.07) is 17.4. The topological polar surface area (TPSA) is 55.6 Å². The van der Waals surface area contributed by atoms with Gasteiger partial charge in [0.2, 0.25) is 0 Å². The van der Waals surface area contributed by atoms with Crippen LogP contribution in [-0.2, 0) is 6.61 Å². The molecule has 0 radical (unpaired) electrons. The largest absolute Gasteiger partial charge is 0.489 e. The van der Waals surface area contributed by atoms with Gasteiger partial charge in [-0.05, 0) is 48.2 Å². The van der Waals surface area contributed by atoms with Crippen molar-refractivity contribution in [2.45, 2.75) is 20.0 Å². The lowest BCUT2D eigenvalue weighted by molar-refractivity contribution is 0.0777. The summed E-state index contributed by atoms with van der Waals surface area (Å²) in [5, 5.41) is 0. The van der Waals surface area contributed by atoms with Crippen LogP contribution < -0.4 is 10.5 Å². The maximum atomic E-state index is 12.6. The number of ether oxygens (including phenoxy) is 1. The SMILES string of the molecule is CC1(CN)CCN(C(=O)c2ccc(COc3ccccc3)cc2)C1. The van der Waals surface area contributed by atoms with Crippen LogP contribution in [-0.4, -0.2) is 30.4 Å². The van der Waals surface area contributed by atoms with Crippen molar-refractivity contribution in [2.24, 2.45) is 11.1 Å². The first-order chi connectivity index (χ1) is 11.6. The van der Waals surface area contributed by atoms with Crippen molar-refractivity contribution in [2.75, 3.05) is 19.6 Å². The van der Waals surface area contributed by atoms with Crippen molar-refractivity contribution in [1.82, 2.24) is 4.90 Å². The second-order valence-electron chi connectivity index (χ2n) is 6.79. The second kappa shape index (κ2) is 7.05. The molecule has 0 saturated carbocycles. The van der Waals surface area contributed by atoms with E-state index in [0.717, 1.165) is 36.4 Å². The molecular weight excluding hydrogens is 300 g/mol. The molecule has 3 rings (SSSR count). The average molecular weight is 324 g/mol. The predicted octanol–water partition coefficient (Wildman–Crippen LogP) is 3.08. The van der Waals surface area contributed by atoms with Crippen molar-refractivity contribution in [3.8, 4) is 5.75 Å². The van der Waals surface area contributed by atoms with Crippen molar-refractivity contribution in [1.29, 1.82) is 0 Å². The normalized spacial score (nSPS) is 20.2. The first-order valence-electron chi connectivity index (χ1n) is 8.36. The van der Waals surface area contributed by atoms with Gasteiger partial charge in [-0.15, -0.1) is 0 Å². The molecule has 0 spiro atoms. The number of rotatable bonds is 5. The quantitative estimate of drug-likeness (QED) is 0.919. The molecule has 1 heterocycles. The van der Waals surface area contributed by atoms with Crippen LogP contribution >= 0.6 is 0 Å². The minimum absolute atomic E-state index is 0.0547. The first-order valence-corrected chi connectivity index (χ1v) is 8.36. The molecule has 1 aliphatic heterocycles. The molecule has 2 N–H and O–H groups in total. The van der Waals surface area contributed by atoms with E-state index in [2.05, 4.69) is 6.92 Å². The van der Waals surface area contributed by atoms with Crippen molar-refractivity contribution >= 4 is 5.91 Å². The first kappa shape index (κ1) is 16.5. The molecular formula is C20H24N2O2. The van der Waals surface area contributed by atoms with Crippen LogP contribution in [0.25, 0.3) is 0 Å². The monoisotopic (exact) mass is 324 g/mol. The van der Waals surface area contributed by atoms with Crippen LogP contribution in [0.5, 0.6) is 5.75 Å². The van der Waals surface area contributed by atoms with E-state index in [1.54, 1.807) is 0 Å². The highest BCUT2D eigenvalue weighted by Crippen LogP contribution is 2.29. The average Bonchev–Trinajstić information content (AvgIpc) is 3.04. The highest BCUT2D eigenvalue weighted by atomic mass is 16.5. The van der Waals surface area contributed by atoms with Crippen LogP contribution in [0.3, 0.4) is 0 Å². The molecule has 126 valence electrons. The Morgan fingerprint density at radius 1 is 1.17 bits per heavy atom. The fraction of sp³-hybridized carbons (Fsp3) is 0.350. The van der Waals surface area contributed by atoms with E-state index in [1.165, 1.54) is 0 Å². The lowest BCUT2D eigenvalue weighted by atomic mass is 9.90. The Balaban J connectivity index is 1.59.